The van der Waals surface area contributed by atoms with Gasteiger partial charge in [-0.15, -0.1) is 16.7 Å². The minimum Gasteiger partial charge on any atom is -0.214 e. The molecule has 0 N–H and O–H groups in total. The van der Waals surface area contributed by atoms with Gasteiger partial charge in [0.1, 0.15) is 17.2 Å². The Morgan fingerprint density at radius 3 is 2.76 bits per heavy atom. The van der Waals surface area contributed by atoms with E-state index in [0.717, 1.165) is 24.2 Å². The fraction of sp³-hybridized carbons (Fsp3) is 0.333. The Morgan fingerprint density at radius 2 is 2.12 bits per heavy atom. The van der Waals surface area contributed by atoms with Crippen LogP contribution in [-0.2, 0) is 12.3 Å². The van der Waals surface area contributed by atoms with Crippen LogP contribution in [0, 0.1) is 5.82 Å². The van der Waals surface area contributed by atoms with Crippen molar-refractivity contribution in [2.24, 2.45) is 0 Å². The summed E-state index contributed by atoms with van der Waals surface area (Å²) in [5.41, 5.74) is 2.02. The van der Waals surface area contributed by atoms with Crippen LogP contribution in [0.15, 0.2) is 24.3 Å². The Morgan fingerprint density at radius 1 is 1.35 bits per heavy atom. The Balaban J connectivity index is 2.52. The fourth-order valence-electron chi connectivity index (χ4n) is 1.74. The minimum atomic E-state index is -0.309. The second-order valence-corrected chi connectivity index (χ2v) is 4.00. The largest absolute Gasteiger partial charge is 0.214 e. The smallest absolute Gasteiger partial charge is 0.148 e. The summed E-state index contributed by atoms with van der Waals surface area (Å²) in [7, 11) is 0. The van der Waals surface area contributed by atoms with E-state index in [0.29, 0.717) is 11.6 Å². The molecule has 2 aromatic rings. The van der Waals surface area contributed by atoms with Crippen LogP contribution in [0.4, 0.5) is 4.39 Å². The molecule has 0 saturated carbocycles. The molecule has 0 spiro atoms. The van der Waals surface area contributed by atoms with Crippen LogP contribution in [0.3, 0.4) is 0 Å². The van der Waals surface area contributed by atoms with Gasteiger partial charge in [0.2, 0.25) is 0 Å². The van der Waals surface area contributed by atoms with Gasteiger partial charge in [-0.05, 0) is 18.6 Å². The second-order valence-electron chi connectivity index (χ2n) is 3.73. The molecule has 90 valence electrons. The van der Waals surface area contributed by atoms with Crippen molar-refractivity contribution >= 4 is 11.6 Å². The molecule has 1 heterocycles. The van der Waals surface area contributed by atoms with E-state index >= 15 is 0 Å². The van der Waals surface area contributed by atoms with E-state index in [4.69, 9.17) is 11.6 Å². The standard InChI is InChI=1S/C12H13ClFN3/c1-2-5-12-10(8-13)15-16-17(12)11-7-4-3-6-9(11)14/h3-4,6-7H,2,5,8H2,1H3. The van der Waals surface area contributed by atoms with Gasteiger partial charge >= 0.3 is 0 Å². The van der Waals surface area contributed by atoms with Crippen molar-refractivity contribution in [2.75, 3.05) is 0 Å². The molecule has 0 unspecified atom stereocenters. The predicted molar refractivity (Wildman–Crippen MR) is 64.9 cm³/mol. The summed E-state index contributed by atoms with van der Waals surface area (Å²) in [5.74, 6) is -0.0140. The number of hydrogen-bond donors (Lipinski definition) is 0. The highest BCUT2D eigenvalue weighted by Gasteiger charge is 2.14. The van der Waals surface area contributed by atoms with Gasteiger partial charge in [0, 0.05) is 0 Å². The number of benzene rings is 1. The molecule has 17 heavy (non-hydrogen) atoms. The first-order valence-corrected chi connectivity index (χ1v) is 6.05. The molecule has 5 heteroatoms. The number of alkyl halides is 1. The van der Waals surface area contributed by atoms with Gasteiger partial charge in [-0.25, -0.2) is 9.07 Å². The molecule has 1 aromatic carbocycles. The number of aromatic nitrogens is 3. The average Bonchev–Trinajstić information content (AvgIpc) is 2.73. The summed E-state index contributed by atoms with van der Waals surface area (Å²) >= 11 is 5.80. The Hall–Kier alpha value is -1.42. The lowest BCUT2D eigenvalue weighted by Crippen LogP contribution is -2.05. The first-order chi connectivity index (χ1) is 8.27. The highest BCUT2D eigenvalue weighted by molar-refractivity contribution is 6.16. The van der Waals surface area contributed by atoms with Crippen LogP contribution < -0.4 is 0 Å². The van der Waals surface area contributed by atoms with Gasteiger partial charge in [0.25, 0.3) is 0 Å². The number of nitrogens with zero attached hydrogens (tertiary/aromatic N) is 3. The normalized spacial score (nSPS) is 10.8. The van der Waals surface area contributed by atoms with Crippen molar-refractivity contribution in [3.63, 3.8) is 0 Å². The Kier molecular flexibility index (Phi) is 3.74. The van der Waals surface area contributed by atoms with Crippen molar-refractivity contribution in [1.29, 1.82) is 0 Å². The molecular weight excluding hydrogens is 241 g/mol. The van der Waals surface area contributed by atoms with Gasteiger partial charge < -0.3 is 0 Å². The molecule has 0 fully saturated rings. The molecule has 0 amide bonds. The molecule has 2 rings (SSSR count). The zero-order valence-electron chi connectivity index (χ0n) is 9.53. The van der Waals surface area contributed by atoms with E-state index in [9.17, 15) is 4.39 Å². The van der Waals surface area contributed by atoms with E-state index in [-0.39, 0.29) is 5.82 Å². The molecular formula is C12H13ClFN3. The zero-order valence-corrected chi connectivity index (χ0v) is 10.3. The second kappa shape index (κ2) is 5.27. The maximum absolute atomic E-state index is 13.7. The SMILES string of the molecule is CCCc1c(CCl)nnn1-c1ccccc1F. The third kappa shape index (κ3) is 2.31. The van der Waals surface area contributed by atoms with Gasteiger partial charge in [-0.1, -0.05) is 30.7 Å². The average molecular weight is 254 g/mol. The lowest BCUT2D eigenvalue weighted by Gasteiger charge is -2.07. The first-order valence-electron chi connectivity index (χ1n) is 5.52. The van der Waals surface area contributed by atoms with Gasteiger partial charge in [-0.2, -0.15) is 0 Å². The summed E-state index contributed by atoms with van der Waals surface area (Å²) in [6, 6.07) is 6.52. The lowest BCUT2D eigenvalue weighted by molar-refractivity contribution is 0.601. The number of para-hydroxylation sites is 1. The van der Waals surface area contributed by atoms with Crippen LogP contribution in [0.5, 0.6) is 0 Å². The molecule has 0 aliphatic rings. The minimum absolute atomic E-state index is 0.295. The van der Waals surface area contributed by atoms with Crippen molar-refractivity contribution in [1.82, 2.24) is 15.0 Å². The monoisotopic (exact) mass is 253 g/mol. The van der Waals surface area contributed by atoms with E-state index in [1.54, 1.807) is 18.2 Å². The van der Waals surface area contributed by atoms with E-state index in [2.05, 4.69) is 17.2 Å². The molecule has 0 saturated heterocycles. The lowest BCUT2D eigenvalue weighted by atomic mass is 10.2. The number of hydrogen-bond acceptors (Lipinski definition) is 2. The topological polar surface area (TPSA) is 30.7 Å². The maximum atomic E-state index is 13.7. The van der Waals surface area contributed by atoms with Gasteiger partial charge in [0.05, 0.1) is 11.6 Å². The molecule has 0 aliphatic heterocycles. The number of rotatable bonds is 4. The van der Waals surface area contributed by atoms with E-state index in [1.807, 2.05) is 0 Å². The fourth-order valence-corrected chi connectivity index (χ4v) is 1.95. The summed E-state index contributed by atoms with van der Waals surface area (Å²) in [4.78, 5) is 0. The van der Waals surface area contributed by atoms with Crippen molar-refractivity contribution in [2.45, 2.75) is 25.6 Å². The quantitative estimate of drug-likeness (QED) is 0.784. The summed E-state index contributed by atoms with van der Waals surface area (Å²) < 4.78 is 15.2. The summed E-state index contributed by atoms with van der Waals surface area (Å²) in [6.07, 6.45) is 1.72. The van der Waals surface area contributed by atoms with Crippen LogP contribution in [0.25, 0.3) is 5.69 Å². The Labute approximate surface area is 104 Å². The van der Waals surface area contributed by atoms with E-state index in [1.165, 1.54) is 10.7 Å². The van der Waals surface area contributed by atoms with Crippen molar-refractivity contribution in [3.8, 4) is 5.69 Å². The summed E-state index contributed by atoms with van der Waals surface area (Å²) in [6.45, 7) is 2.05. The molecule has 0 bridgehead atoms. The zero-order chi connectivity index (χ0) is 12.3. The Bertz CT molecular complexity index is 510. The predicted octanol–water partition coefficient (Wildman–Crippen LogP) is 3.10. The first kappa shape index (κ1) is 12.0. The van der Waals surface area contributed by atoms with Crippen molar-refractivity contribution < 1.29 is 4.39 Å². The maximum Gasteiger partial charge on any atom is 0.148 e. The van der Waals surface area contributed by atoms with Gasteiger partial charge in [0.15, 0.2) is 0 Å². The van der Waals surface area contributed by atoms with Crippen LogP contribution in [-0.4, -0.2) is 15.0 Å². The molecule has 3 nitrogen and oxygen atoms in total. The van der Waals surface area contributed by atoms with Gasteiger partial charge in [-0.3, -0.25) is 0 Å². The van der Waals surface area contributed by atoms with E-state index < -0.39 is 0 Å². The highest BCUT2D eigenvalue weighted by Crippen LogP contribution is 2.18. The third-order valence-electron chi connectivity index (χ3n) is 2.54. The van der Waals surface area contributed by atoms with Crippen LogP contribution in [0.2, 0.25) is 0 Å². The summed E-state index contributed by atoms with van der Waals surface area (Å²) in [5, 5.41) is 7.96. The highest BCUT2D eigenvalue weighted by atomic mass is 35.5. The molecule has 0 aliphatic carbocycles. The van der Waals surface area contributed by atoms with Crippen LogP contribution in [0.1, 0.15) is 24.7 Å². The van der Waals surface area contributed by atoms with Crippen molar-refractivity contribution in [3.05, 3.63) is 41.5 Å². The molecule has 0 radical (unpaired) electrons. The third-order valence-corrected chi connectivity index (χ3v) is 2.79. The molecule has 1 aromatic heterocycles. The number of halogens is 2. The molecule has 0 atom stereocenters. The van der Waals surface area contributed by atoms with Crippen LogP contribution >= 0.6 is 11.6 Å².